The Bertz CT molecular complexity index is 874. The van der Waals surface area contributed by atoms with Gasteiger partial charge >= 0.3 is 12.2 Å². The van der Waals surface area contributed by atoms with E-state index in [0.717, 1.165) is 0 Å². The Morgan fingerprint density at radius 2 is 1.74 bits per heavy atom. The lowest BCUT2D eigenvalue weighted by Crippen LogP contribution is -2.69. The molecule has 0 saturated carbocycles. The average Bonchev–Trinajstić information content (AvgIpc) is 2.88. The van der Waals surface area contributed by atoms with Crippen LogP contribution in [0, 0.1) is 0 Å². The molecule has 27 heavy (non-hydrogen) atoms. The molecule has 0 bridgehead atoms. The zero-order valence-corrected chi connectivity index (χ0v) is 13.7. The van der Waals surface area contributed by atoms with Crippen LogP contribution in [0.4, 0.5) is 18.0 Å². The number of rotatable bonds is 4. The summed E-state index contributed by atoms with van der Waals surface area (Å²) in [5.74, 6) is -2.76. The maximum absolute atomic E-state index is 13.7. The molecule has 2 heterocycles. The molecular weight excluding hydrogens is 365 g/mol. The molecule has 1 aliphatic rings. The van der Waals surface area contributed by atoms with Gasteiger partial charge in [0.2, 0.25) is 0 Å². The Hall–Kier alpha value is -3.43. The fraction of sp³-hybridized carbons (Fsp3) is 0.176. The molecule has 1 aliphatic heterocycles. The first-order valence-electron chi connectivity index (χ1n) is 7.72. The van der Waals surface area contributed by atoms with E-state index in [2.05, 4.69) is 4.98 Å². The van der Waals surface area contributed by atoms with Crippen LogP contribution in [0.3, 0.4) is 0 Å². The van der Waals surface area contributed by atoms with Crippen molar-refractivity contribution in [2.45, 2.75) is 18.4 Å². The molecule has 0 aliphatic carbocycles. The maximum atomic E-state index is 13.7. The third-order valence-corrected chi connectivity index (χ3v) is 3.96. The molecule has 10 heteroatoms. The molecule has 0 radical (unpaired) electrons. The Morgan fingerprint density at radius 1 is 1.11 bits per heavy atom. The van der Waals surface area contributed by atoms with E-state index in [0.29, 0.717) is 10.5 Å². The van der Waals surface area contributed by atoms with Gasteiger partial charge in [0, 0.05) is 18.0 Å². The summed E-state index contributed by atoms with van der Waals surface area (Å²) in [5, 5.41) is 3.24. The zero-order chi connectivity index (χ0) is 19.7. The fourth-order valence-corrected chi connectivity index (χ4v) is 2.57. The first-order valence-corrected chi connectivity index (χ1v) is 7.72. The van der Waals surface area contributed by atoms with E-state index in [1.165, 1.54) is 48.8 Å². The van der Waals surface area contributed by atoms with Crippen LogP contribution in [0.15, 0.2) is 54.9 Å². The lowest BCUT2D eigenvalue weighted by molar-refractivity contribution is -0.200. The summed E-state index contributed by atoms with van der Waals surface area (Å²) in [5.41, 5.74) is -3.22. The highest BCUT2D eigenvalue weighted by atomic mass is 19.4. The Balaban J connectivity index is 1.92. The van der Waals surface area contributed by atoms with Crippen LogP contribution >= 0.6 is 0 Å². The van der Waals surface area contributed by atoms with Crippen LogP contribution in [-0.4, -0.2) is 39.6 Å². The van der Waals surface area contributed by atoms with E-state index in [-0.39, 0.29) is 5.56 Å². The van der Waals surface area contributed by atoms with Gasteiger partial charge in [-0.05, 0) is 29.8 Å². The summed E-state index contributed by atoms with van der Waals surface area (Å²) < 4.78 is 41.2. The van der Waals surface area contributed by atoms with Gasteiger partial charge in [0.05, 0.1) is 6.54 Å². The molecule has 2 N–H and O–H groups in total. The molecule has 1 saturated heterocycles. The number of carbonyl (C=O) groups excluding carboxylic acids is 3. The predicted molar refractivity (Wildman–Crippen MR) is 86.0 cm³/mol. The summed E-state index contributed by atoms with van der Waals surface area (Å²) in [6.45, 7) is -0.397. The highest BCUT2D eigenvalue weighted by molar-refractivity contribution is 6.10. The molecule has 1 fully saturated rings. The quantitative estimate of drug-likeness (QED) is 0.794. The van der Waals surface area contributed by atoms with Gasteiger partial charge in [-0.3, -0.25) is 24.8 Å². The summed E-state index contributed by atoms with van der Waals surface area (Å²) in [6.07, 6.45) is -2.50. The fourth-order valence-electron chi connectivity index (χ4n) is 2.57. The van der Waals surface area contributed by atoms with Crippen molar-refractivity contribution >= 4 is 17.8 Å². The standard InChI is InChI=1S/C17H13F3N4O3/c18-17(19,20)16(22-13(25)12-4-2-1-3-5-12)14(26)24(15(27)23-16)10-11-6-8-21-9-7-11/h1-9H,10H2,(H,22,25)(H,23,27)/t16-/m0/s1. The van der Waals surface area contributed by atoms with Crippen molar-refractivity contribution < 1.29 is 27.6 Å². The van der Waals surface area contributed by atoms with E-state index in [9.17, 15) is 27.6 Å². The van der Waals surface area contributed by atoms with Crippen LogP contribution < -0.4 is 10.6 Å². The lowest BCUT2D eigenvalue weighted by atomic mass is 10.1. The molecule has 7 nitrogen and oxygen atoms in total. The van der Waals surface area contributed by atoms with Crippen LogP contribution in [0.2, 0.25) is 0 Å². The van der Waals surface area contributed by atoms with E-state index in [1.54, 1.807) is 16.7 Å². The van der Waals surface area contributed by atoms with Gasteiger partial charge in [0.25, 0.3) is 17.5 Å². The molecule has 1 atom stereocenters. The lowest BCUT2D eigenvalue weighted by Gasteiger charge is -2.29. The van der Waals surface area contributed by atoms with Gasteiger partial charge in [0.15, 0.2) is 0 Å². The SMILES string of the molecule is O=C(N[C@]1(C(F)(F)F)NC(=O)N(Cc2ccncc2)C1=O)c1ccccc1. The van der Waals surface area contributed by atoms with Gasteiger partial charge in [-0.1, -0.05) is 18.2 Å². The normalized spacial score (nSPS) is 19.7. The summed E-state index contributed by atoms with van der Waals surface area (Å²) in [7, 11) is 0. The number of pyridine rings is 1. The summed E-state index contributed by atoms with van der Waals surface area (Å²) in [6, 6.07) is 8.72. The van der Waals surface area contributed by atoms with Crippen LogP contribution in [0.25, 0.3) is 0 Å². The van der Waals surface area contributed by atoms with E-state index in [4.69, 9.17) is 0 Å². The van der Waals surface area contributed by atoms with Gasteiger partial charge in [-0.15, -0.1) is 0 Å². The van der Waals surface area contributed by atoms with Crippen LogP contribution in [0.1, 0.15) is 15.9 Å². The summed E-state index contributed by atoms with van der Waals surface area (Å²) >= 11 is 0. The Morgan fingerprint density at radius 3 is 2.33 bits per heavy atom. The zero-order valence-electron chi connectivity index (χ0n) is 13.7. The minimum atomic E-state index is -5.25. The first kappa shape index (κ1) is 18.4. The highest BCUT2D eigenvalue weighted by Crippen LogP contribution is 2.34. The molecule has 3 rings (SSSR count). The number of nitrogens with one attached hydrogen (secondary N) is 2. The van der Waals surface area contributed by atoms with Crippen molar-refractivity contribution in [3.05, 3.63) is 66.0 Å². The number of urea groups is 1. The minimum Gasteiger partial charge on any atom is -0.314 e. The second-order valence-corrected chi connectivity index (χ2v) is 5.74. The van der Waals surface area contributed by atoms with Crippen molar-refractivity contribution in [1.82, 2.24) is 20.5 Å². The van der Waals surface area contributed by atoms with Gasteiger partial charge in [-0.2, -0.15) is 13.2 Å². The van der Waals surface area contributed by atoms with Gasteiger partial charge < -0.3 is 5.32 Å². The largest absolute Gasteiger partial charge is 0.440 e. The predicted octanol–water partition coefficient (Wildman–Crippen LogP) is 1.82. The van der Waals surface area contributed by atoms with Crippen LogP contribution in [0.5, 0.6) is 0 Å². The molecule has 0 spiro atoms. The number of carbonyl (C=O) groups is 3. The molecule has 1 aromatic heterocycles. The number of amides is 4. The number of hydrogen-bond donors (Lipinski definition) is 2. The molecule has 2 aromatic rings. The van der Waals surface area contributed by atoms with Crippen molar-refractivity contribution in [3.8, 4) is 0 Å². The Kier molecular flexibility index (Phi) is 4.56. The smallest absolute Gasteiger partial charge is 0.314 e. The molecule has 0 unspecified atom stereocenters. The molecule has 140 valence electrons. The molecule has 4 amide bonds. The number of nitrogens with zero attached hydrogens (tertiary/aromatic N) is 2. The van der Waals surface area contributed by atoms with Gasteiger partial charge in [0.1, 0.15) is 0 Å². The number of aromatic nitrogens is 1. The molecular formula is C17H13F3N4O3. The van der Waals surface area contributed by atoms with Crippen molar-refractivity contribution in [1.29, 1.82) is 0 Å². The monoisotopic (exact) mass is 378 g/mol. The number of alkyl halides is 3. The minimum absolute atomic E-state index is 0.0873. The second kappa shape index (κ2) is 6.71. The number of imide groups is 1. The number of benzene rings is 1. The third-order valence-electron chi connectivity index (χ3n) is 3.96. The van der Waals surface area contributed by atoms with E-state index in [1.807, 2.05) is 0 Å². The highest BCUT2D eigenvalue weighted by Gasteiger charge is 2.68. The van der Waals surface area contributed by atoms with Crippen molar-refractivity contribution in [2.75, 3.05) is 0 Å². The van der Waals surface area contributed by atoms with E-state index < -0.39 is 36.2 Å². The number of hydrogen-bond acceptors (Lipinski definition) is 4. The topological polar surface area (TPSA) is 91.4 Å². The molecule has 1 aromatic carbocycles. The maximum Gasteiger partial charge on any atom is 0.440 e. The van der Waals surface area contributed by atoms with Crippen LogP contribution in [-0.2, 0) is 11.3 Å². The Labute approximate surface area is 151 Å². The van der Waals surface area contributed by atoms with Crippen molar-refractivity contribution in [2.24, 2.45) is 0 Å². The number of halogens is 3. The van der Waals surface area contributed by atoms with Gasteiger partial charge in [-0.25, -0.2) is 4.79 Å². The average molecular weight is 378 g/mol. The second-order valence-electron chi connectivity index (χ2n) is 5.74. The summed E-state index contributed by atoms with van der Waals surface area (Å²) in [4.78, 5) is 41.0. The first-order chi connectivity index (χ1) is 12.7. The third kappa shape index (κ3) is 3.33. The van der Waals surface area contributed by atoms with Crippen molar-refractivity contribution in [3.63, 3.8) is 0 Å². The van der Waals surface area contributed by atoms with E-state index >= 15 is 0 Å².